The van der Waals surface area contributed by atoms with Gasteiger partial charge in [-0.2, -0.15) is 17.0 Å². The molecule has 2 fully saturated rings. The molecule has 0 amide bonds. The average Bonchev–Trinajstić information content (AvgIpc) is 2.17. The van der Waals surface area contributed by atoms with Gasteiger partial charge in [-0.25, -0.2) is 0 Å². The van der Waals surface area contributed by atoms with E-state index in [1.54, 1.807) is 8.61 Å². The molecule has 5 nitrogen and oxygen atoms in total. The highest BCUT2D eigenvalue weighted by molar-refractivity contribution is 7.86. The van der Waals surface area contributed by atoms with Crippen molar-refractivity contribution in [2.45, 2.75) is 19.3 Å². The summed E-state index contributed by atoms with van der Waals surface area (Å²) in [5.41, 5.74) is 5.48. The van der Waals surface area contributed by atoms with Gasteiger partial charge in [0.1, 0.15) is 0 Å². The average molecular weight is 233 g/mol. The van der Waals surface area contributed by atoms with Crippen LogP contribution in [0.5, 0.6) is 0 Å². The molecule has 0 spiro atoms. The molecule has 0 aliphatic carbocycles. The standard InChI is InChI=1S/C9H19N3O2S/c10-6-9-7-12(8-9)15(13,14)11-4-2-1-3-5-11/h9H,1-8,10H2. The lowest BCUT2D eigenvalue weighted by Gasteiger charge is -2.41. The molecule has 0 aromatic carbocycles. The van der Waals surface area contributed by atoms with Crippen LogP contribution in [0.25, 0.3) is 0 Å². The van der Waals surface area contributed by atoms with Gasteiger partial charge >= 0.3 is 0 Å². The zero-order valence-electron chi connectivity index (χ0n) is 8.93. The van der Waals surface area contributed by atoms with Crippen molar-refractivity contribution in [3.05, 3.63) is 0 Å². The van der Waals surface area contributed by atoms with Crippen molar-refractivity contribution < 1.29 is 8.42 Å². The Morgan fingerprint density at radius 2 is 1.67 bits per heavy atom. The Morgan fingerprint density at radius 1 is 1.07 bits per heavy atom. The number of rotatable bonds is 3. The van der Waals surface area contributed by atoms with Gasteiger partial charge in [0, 0.05) is 26.2 Å². The van der Waals surface area contributed by atoms with E-state index in [9.17, 15) is 8.42 Å². The highest BCUT2D eigenvalue weighted by Crippen LogP contribution is 2.23. The summed E-state index contributed by atoms with van der Waals surface area (Å²) in [4.78, 5) is 0. The van der Waals surface area contributed by atoms with E-state index in [0.717, 1.165) is 19.3 Å². The van der Waals surface area contributed by atoms with E-state index in [-0.39, 0.29) is 0 Å². The van der Waals surface area contributed by atoms with Gasteiger partial charge in [0.25, 0.3) is 10.2 Å². The zero-order valence-corrected chi connectivity index (χ0v) is 9.75. The van der Waals surface area contributed by atoms with E-state index in [1.807, 2.05) is 0 Å². The summed E-state index contributed by atoms with van der Waals surface area (Å²) in [7, 11) is -3.16. The maximum absolute atomic E-state index is 12.0. The van der Waals surface area contributed by atoms with Crippen LogP contribution in [0.3, 0.4) is 0 Å². The van der Waals surface area contributed by atoms with E-state index in [4.69, 9.17) is 5.73 Å². The Balaban J connectivity index is 1.95. The lowest BCUT2D eigenvalue weighted by atomic mass is 10.0. The second-order valence-corrected chi connectivity index (χ2v) is 6.31. The van der Waals surface area contributed by atoms with Gasteiger partial charge < -0.3 is 5.73 Å². The number of piperidine rings is 1. The van der Waals surface area contributed by atoms with Crippen LogP contribution < -0.4 is 5.73 Å². The first-order valence-electron chi connectivity index (χ1n) is 5.60. The summed E-state index contributed by atoms with van der Waals surface area (Å²) in [6.07, 6.45) is 3.14. The molecule has 2 saturated heterocycles. The first-order valence-corrected chi connectivity index (χ1v) is 6.99. The molecule has 0 unspecified atom stereocenters. The lowest BCUT2D eigenvalue weighted by molar-refractivity contribution is 0.186. The van der Waals surface area contributed by atoms with Crippen molar-refractivity contribution in [2.75, 3.05) is 32.7 Å². The van der Waals surface area contributed by atoms with Crippen LogP contribution in [-0.4, -0.2) is 49.8 Å². The largest absolute Gasteiger partial charge is 0.330 e. The van der Waals surface area contributed by atoms with Crippen LogP contribution in [0.1, 0.15) is 19.3 Å². The SMILES string of the molecule is NCC1CN(S(=O)(=O)N2CCCCC2)C1. The van der Waals surface area contributed by atoms with Gasteiger partial charge in [-0.3, -0.25) is 0 Å². The van der Waals surface area contributed by atoms with E-state index < -0.39 is 10.2 Å². The molecule has 2 rings (SSSR count). The molecule has 0 bridgehead atoms. The van der Waals surface area contributed by atoms with Crippen LogP contribution >= 0.6 is 0 Å². The minimum Gasteiger partial charge on any atom is -0.330 e. The van der Waals surface area contributed by atoms with Gasteiger partial charge in [0.2, 0.25) is 0 Å². The number of nitrogens with two attached hydrogens (primary N) is 1. The zero-order chi connectivity index (χ0) is 10.9. The van der Waals surface area contributed by atoms with Crippen molar-refractivity contribution >= 4 is 10.2 Å². The minimum absolute atomic E-state index is 0.365. The predicted molar refractivity (Wildman–Crippen MR) is 58.5 cm³/mol. The van der Waals surface area contributed by atoms with Crippen molar-refractivity contribution in [2.24, 2.45) is 11.7 Å². The summed E-state index contributed by atoms with van der Waals surface area (Å²) in [5, 5.41) is 0. The fourth-order valence-electron chi connectivity index (χ4n) is 2.12. The smallest absolute Gasteiger partial charge is 0.281 e. The number of hydrogen-bond donors (Lipinski definition) is 1. The van der Waals surface area contributed by atoms with Crippen molar-refractivity contribution in [1.29, 1.82) is 0 Å². The Kier molecular flexibility index (Phi) is 3.30. The van der Waals surface area contributed by atoms with Crippen molar-refractivity contribution in [1.82, 2.24) is 8.61 Å². The van der Waals surface area contributed by atoms with E-state index in [0.29, 0.717) is 38.6 Å². The summed E-state index contributed by atoms with van der Waals surface area (Å²) in [6, 6.07) is 0. The third-order valence-corrected chi connectivity index (χ3v) is 5.19. The van der Waals surface area contributed by atoms with Gasteiger partial charge in [-0.05, 0) is 25.3 Å². The molecule has 0 aromatic heterocycles. The molecule has 2 aliphatic heterocycles. The van der Waals surface area contributed by atoms with Crippen molar-refractivity contribution in [3.8, 4) is 0 Å². The molecule has 0 radical (unpaired) electrons. The van der Waals surface area contributed by atoms with Gasteiger partial charge in [-0.1, -0.05) is 6.42 Å². The molecule has 0 atom stereocenters. The maximum Gasteiger partial charge on any atom is 0.281 e. The highest BCUT2D eigenvalue weighted by Gasteiger charge is 2.38. The molecule has 15 heavy (non-hydrogen) atoms. The molecule has 2 heterocycles. The highest BCUT2D eigenvalue weighted by atomic mass is 32.2. The topological polar surface area (TPSA) is 66.6 Å². The van der Waals surface area contributed by atoms with Crippen LogP contribution in [-0.2, 0) is 10.2 Å². The van der Waals surface area contributed by atoms with Crippen LogP contribution in [0.15, 0.2) is 0 Å². The van der Waals surface area contributed by atoms with Crippen molar-refractivity contribution in [3.63, 3.8) is 0 Å². The van der Waals surface area contributed by atoms with Gasteiger partial charge in [0.05, 0.1) is 0 Å². The van der Waals surface area contributed by atoms with E-state index in [2.05, 4.69) is 0 Å². The monoisotopic (exact) mass is 233 g/mol. The Labute approximate surface area is 91.4 Å². The molecule has 88 valence electrons. The summed E-state index contributed by atoms with van der Waals surface area (Å²) in [5.74, 6) is 0.365. The fraction of sp³-hybridized carbons (Fsp3) is 1.00. The first-order chi connectivity index (χ1) is 7.14. The second-order valence-electron chi connectivity index (χ2n) is 4.39. The minimum atomic E-state index is -3.16. The summed E-state index contributed by atoms with van der Waals surface area (Å²) < 4.78 is 27.2. The van der Waals surface area contributed by atoms with E-state index in [1.165, 1.54) is 0 Å². The van der Waals surface area contributed by atoms with Gasteiger partial charge in [0.15, 0.2) is 0 Å². The molecule has 6 heteroatoms. The molecule has 0 aromatic rings. The Hall–Kier alpha value is -0.170. The second kappa shape index (κ2) is 4.37. The third kappa shape index (κ3) is 2.18. The van der Waals surface area contributed by atoms with Crippen LogP contribution in [0.2, 0.25) is 0 Å². The van der Waals surface area contributed by atoms with Gasteiger partial charge in [-0.15, -0.1) is 0 Å². The first kappa shape index (κ1) is 11.3. The van der Waals surface area contributed by atoms with Crippen LogP contribution in [0.4, 0.5) is 0 Å². The lowest BCUT2D eigenvalue weighted by Crippen LogP contribution is -2.57. The predicted octanol–water partition coefficient (Wildman–Crippen LogP) is -0.392. The molecular weight excluding hydrogens is 214 g/mol. The van der Waals surface area contributed by atoms with E-state index >= 15 is 0 Å². The Morgan fingerprint density at radius 3 is 2.20 bits per heavy atom. The Bertz CT molecular complexity index is 305. The molecular formula is C9H19N3O2S. The quantitative estimate of drug-likeness (QED) is 0.722. The summed E-state index contributed by atoms with van der Waals surface area (Å²) >= 11 is 0. The maximum atomic E-state index is 12.0. The number of nitrogens with zero attached hydrogens (tertiary/aromatic N) is 2. The molecule has 2 aliphatic rings. The van der Waals surface area contributed by atoms with Crippen LogP contribution in [0, 0.1) is 5.92 Å². The normalized spacial score (nSPS) is 26.5. The number of hydrogen-bond acceptors (Lipinski definition) is 3. The summed E-state index contributed by atoms with van der Waals surface area (Å²) in [6.45, 7) is 3.18. The molecule has 0 saturated carbocycles. The third-order valence-electron chi connectivity index (χ3n) is 3.22. The fourth-order valence-corrected chi connectivity index (χ4v) is 3.96. The molecule has 2 N–H and O–H groups in total.